The molecule has 1 saturated heterocycles. The molecule has 1 aliphatic heterocycles. The predicted octanol–water partition coefficient (Wildman–Crippen LogP) is 4.27. The van der Waals surface area contributed by atoms with Gasteiger partial charge in [-0.1, -0.05) is 52.3 Å². The average Bonchev–Trinajstić information content (AvgIpc) is 2.59. The Bertz CT molecular complexity index is 711. The van der Waals surface area contributed by atoms with Gasteiger partial charge in [-0.05, 0) is 42.4 Å². The highest BCUT2D eigenvalue weighted by atomic mass is 79.9. The van der Waals surface area contributed by atoms with Crippen molar-refractivity contribution in [3.05, 3.63) is 64.1 Å². The summed E-state index contributed by atoms with van der Waals surface area (Å²) >= 11 is 9.23. The highest BCUT2D eigenvalue weighted by Gasteiger charge is 2.19. The van der Waals surface area contributed by atoms with Gasteiger partial charge in [-0.3, -0.25) is 4.90 Å². The van der Waals surface area contributed by atoms with Crippen molar-refractivity contribution in [2.24, 2.45) is 0 Å². The summed E-state index contributed by atoms with van der Waals surface area (Å²) < 4.78 is 1.18. The van der Waals surface area contributed by atoms with E-state index in [-0.39, 0.29) is 0 Å². The Labute approximate surface area is 157 Å². The van der Waals surface area contributed by atoms with Crippen molar-refractivity contribution in [1.82, 2.24) is 9.80 Å². The lowest BCUT2D eigenvalue weighted by Crippen LogP contribution is -2.49. The topological polar surface area (TPSA) is 18.5 Å². The second-order valence-corrected chi connectivity index (χ2v) is 7.34. The molecule has 2 aromatic carbocycles. The third-order valence-corrected chi connectivity index (χ3v) is 5.53. The van der Waals surface area contributed by atoms with Gasteiger partial charge in [0.2, 0.25) is 0 Å². The molecule has 24 heavy (non-hydrogen) atoms. The first-order valence-electron chi connectivity index (χ1n) is 8.21. The quantitative estimate of drug-likeness (QED) is 0.770. The summed E-state index contributed by atoms with van der Waals surface area (Å²) in [6.07, 6.45) is 0. The number of aryl methyl sites for hydroxylation is 1. The van der Waals surface area contributed by atoms with Crippen LogP contribution < -0.4 is 5.32 Å². The lowest BCUT2D eigenvalue weighted by molar-refractivity contribution is 0.176. The van der Waals surface area contributed by atoms with Gasteiger partial charge in [0.1, 0.15) is 0 Å². The Morgan fingerprint density at radius 2 is 1.71 bits per heavy atom. The standard InChI is InChI=1S/C19H22BrN3S/c1-15-6-2-5-9-18(15)21-19(24)23-12-10-22(11-13-23)14-16-7-3-4-8-17(16)20/h2-9H,10-14H2,1H3,(H,21,24). The number of nitrogens with one attached hydrogen (secondary N) is 1. The molecule has 0 aliphatic carbocycles. The minimum Gasteiger partial charge on any atom is -0.346 e. The van der Waals surface area contributed by atoms with Crippen LogP contribution in [0.4, 0.5) is 5.69 Å². The number of para-hydroxylation sites is 1. The number of nitrogens with zero attached hydrogens (tertiary/aromatic N) is 2. The Balaban J connectivity index is 1.52. The number of hydrogen-bond acceptors (Lipinski definition) is 2. The summed E-state index contributed by atoms with van der Waals surface area (Å²) in [4.78, 5) is 4.74. The molecule has 5 heteroatoms. The smallest absolute Gasteiger partial charge is 0.173 e. The minimum atomic E-state index is 0.824. The molecule has 3 rings (SSSR count). The van der Waals surface area contributed by atoms with Crippen molar-refractivity contribution in [3.8, 4) is 0 Å². The van der Waals surface area contributed by atoms with Crippen molar-refractivity contribution in [2.45, 2.75) is 13.5 Å². The lowest BCUT2D eigenvalue weighted by atomic mass is 10.2. The van der Waals surface area contributed by atoms with Crippen LogP contribution in [0.3, 0.4) is 0 Å². The molecule has 126 valence electrons. The summed E-state index contributed by atoms with van der Waals surface area (Å²) in [6, 6.07) is 16.7. The molecule has 0 aromatic heterocycles. The first-order valence-corrected chi connectivity index (χ1v) is 9.41. The van der Waals surface area contributed by atoms with E-state index in [9.17, 15) is 0 Å². The van der Waals surface area contributed by atoms with Crippen LogP contribution in [-0.2, 0) is 6.54 Å². The summed E-state index contributed by atoms with van der Waals surface area (Å²) in [5.74, 6) is 0. The second-order valence-electron chi connectivity index (χ2n) is 6.10. The largest absolute Gasteiger partial charge is 0.346 e. The molecule has 0 radical (unpaired) electrons. The predicted molar refractivity (Wildman–Crippen MR) is 108 cm³/mol. The fourth-order valence-electron chi connectivity index (χ4n) is 2.88. The first-order chi connectivity index (χ1) is 11.6. The van der Waals surface area contributed by atoms with Gasteiger partial charge in [0, 0.05) is 42.9 Å². The van der Waals surface area contributed by atoms with Crippen molar-refractivity contribution < 1.29 is 0 Å². The van der Waals surface area contributed by atoms with Gasteiger partial charge in [-0.15, -0.1) is 0 Å². The van der Waals surface area contributed by atoms with E-state index in [1.165, 1.54) is 15.6 Å². The molecule has 0 amide bonds. The summed E-state index contributed by atoms with van der Waals surface area (Å²) in [7, 11) is 0. The molecule has 2 aromatic rings. The molecule has 0 unspecified atom stereocenters. The highest BCUT2D eigenvalue weighted by molar-refractivity contribution is 9.10. The van der Waals surface area contributed by atoms with E-state index in [2.05, 4.69) is 74.4 Å². The third-order valence-electron chi connectivity index (χ3n) is 4.40. The zero-order valence-electron chi connectivity index (χ0n) is 13.8. The number of rotatable bonds is 3. The van der Waals surface area contributed by atoms with Crippen LogP contribution in [0.1, 0.15) is 11.1 Å². The molecule has 1 heterocycles. The zero-order valence-corrected chi connectivity index (χ0v) is 16.2. The van der Waals surface area contributed by atoms with Crippen LogP contribution in [0.2, 0.25) is 0 Å². The normalized spacial score (nSPS) is 15.3. The third kappa shape index (κ3) is 4.35. The highest BCUT2D eigenvalue weighted by Crippen LogP contribution is 2.19. The maximum absolute atomic E-state index is 5.59. The summed E-state index contributed by atoms with van der Waals surface area (Å²) in [6.45, 7) is 7.05. The minimum absolute atomic E-state index is 0.824. The van der Waals surface area contributed by atoms with Crippen LogP contribution in [0, 0.1) is 6.92 Å². The number of halogens is 1. The molecule has 1 aliphatic rings. The average molecular weight is 404 g/mol. The van der Waals surface area contributed by atoms with Gasteiger partial charge < -0.3 is 10.2 Å². The Kier molecular flexibility index (Phi) is 5.87. The van der Waals surface area contributed by atoms with Gasteiger partial charge in [-0.25, -0.2) is 0 Å². The van der Waals surface area contributed by atoms with Crippen LogP contribution in [-0.4, -0.2) is 41.1 Å². The SMILES string of the molecule is Cc1ccccc1NC(=S)N1CCN(Cc2ccccc2Br)CC1. The number of hydrogen-bond donors (Lipinski definition) is 1. The molecule has 0 spiro atoms. The Hall–Kier alpha value is -1.43. The van der Waals surface area contributed by atoms with Crippen LogP contribution in [0.25, 0.3) is 0 Å². The number of thiocarbonyl (C=S) groups is 1. The van der Waals surface area contributed by atoms with Gasteiger partial charge >= 0.3 is 0 Å². The lowest BCUT2D eigenvalue weighted by Gasteiger charge is -2.36. The fourth-order valence-corrected chi connectivity index (χ4v) is 3.59. The molecule has 1 N–H and O–H groups in total. The van der Waals surface area contributed by atoms with E-state index < -0.39 is 0 Å². The summed E-state index contributed by atoms with van der Waals surface area (Å²) in [5, 5.41) is 4.21. The molecule has 0 saturated carbocycles. The maximum Gasteiger partial charge on any atom is 0.173 e. The fraction of sp³-hybridized carbons (Fsp3) is 0.316. The molecular formula is C19H22BrN3S. The van der Waals surface area contributed by atoms with E-state index in [0.29, 0.717) is 0 Å². The van der Waals surface area contributed by atoms with Crippen molar-refractivity contribution in [2.75, 3.05) is 31.5 Å². The second kappa shape index (κ2) is 8.10. The Morgan fingerprint density at radius 1 is 1.04 bits per heavy atom. The van der Waals surface area contributed by atoms with Gasteiger partial charge in [0.25, 0.3) is 0 Å². The van der Waals surface area contributed by atoms with E-state index in [1.807, 2.05) is 12.1 Å². The maximum atomic E-state index is 5.59. The van der Waals surface area contributed by atoms with E-state index >= 15 is 0 Å². The number of benzene rings is 2. The van der Waals surface area contributed by atoms with E-state index in [0.717, 1.165) is 43.5 Å². The molecular weight excluding hydrogens is 382 g/mol. The monoisotopic (exact) mass is 403 g/mol. The first kappa shape index (κ1) is 17.4. The van der Waals surface area contributed by atoms with Gasteiger partial charge in [0.05, 0.1) is 0 Å². The number of anilines is 1. The van der Waals surface area contributed by atoms with Gasteiger partial charge in [-0.2, -0.15) is 0 Å². The Morgan fingerprint density at radius 3 is 2.42 bits per heavy atom. The van der Waals surface area contributed by atoms with E-state index in [4.69, 9.17) is 12.2 Å². The van der Waals surface area contributed by atoms with Gasteiger partial charge in [0.15, 0.2) is 5.11 Å². The zero-order chi connectivity index (χ0) is 16.9. The molecule has 0 bridgehead atoms. The van der Waals surface area contributed by atoms with Crippen LogP contribution in [0.5, 0.6) is 0 Å². The molecule has 1 fully saturated rings. The molecule has 3 nitrogen and oxygen atoms in total. The van der Waals surface area contributed by atoms with Crippen LogP contribution >= 0.6 is 28.1 Å². The van der Waals surface area contributed by atoms with Crippen molar-refractivity contribution in [1.29, 1.82) is 0 Å². The van der Waals surface area contributed by atoms with Crippen molar-refractivity contribution in [3.63, 3.8) is 0 Å². The molecule has 0 atom stereocenters. The summed E-state index contributed by atoms with van der Waals surface area (Å²) in [5.41, 5.74) is 3.65. The number of piperazine rings is 1. The van der Waals surface area contributed by atoms with Crippen LogP contribution in [0.15, 0.2) is 53.0 Å². The van der Waals surface area contributed by atoms with E-state index in [1.54, 1.807) is 0 Å². The van der Waals surface area contributed by atoms with Crippen molar-refractivity contribution >= 4 is 38.9 Å².